The lowest BCUT2D eigenvalue weighted by Crippen LogP contribution is -2.40. The first kappa shape index (κ1) is 23.1. The van der Waals surface area contributed by atoms with Crippen LogP contribution < -0.4 is 14.3 Å². The Balaban J connectivity index is 1.30. The van der Waals surface area contributed by atoms with Gasteiger partial charge in [0.1, 0.15) is 16.5 Å². The van der Waals surface area contributed by atoms with Gasteiger partial charge >= 0.3 is 0 Å². The molecular weight excluding hydrogens is 476 g/mol. The van der Waals surface area contributed by atoms with Crippen LogP contribution in [0.1, 0.15) is 67.3 Å². The number of nitrogens with zero attached hydrogens (tertiary/aromatic N) is 2. The van der Waals surface area contributed by atoms with Crippen LogP contribution in [-0.2, 0) is 16.4 Å². The highest BCUT2D eigenvalue weighted by molar-refractivity contribution is 7.99. The van der Waals surface area contributed by atoms with Crippen molar-refractivity contribution in [2.75, 3.05) is 22.4 Å². The number of benzene rings is 2. The van der Waals surface area contributed by atoms with Gasteiger partial charge in [-0.25, -0.2) is 8.93 Å². The standard InChI is InChI=1S/C27H30N4O2S2/c1-34-29-20-5-6-23-22(16-20)26(11-9-25(7-8-25)10-12-26)18-31(23)24(32)19-3-2-4-21(15-19)35(33)30-27(17-28)13-14-27/h2-6,15-16,29-30H,7-14,18H2,1H3. The number of carbonyl (C=O) groups is 1. The Labute approximate surface area is 213 Å². The van der Waals surface area contributed by atoms with Gasteiger partial charge in [0.15, 0.2) is 0 Å². The molecule has 6 nitrogen and oxygen atoms in total. The van der Waals surface area contributed by atoms with E-state index >= 15 is 0 Å². The molecule has 0 radical (unpaired) electrons. The minimum Gasteiger partial charge on any atom is -0.330 e. The molecule has 35 heavy (non-hydrogen) atoms. The van der Waals surface area contributed by atoms with E-state index in [0.29, 0.717) is 35.3 Å². The molecule has 3 fully saturated rings. The lowest BCUT2D eigenvalue weighted by atomic mass is 9.66. The van der Waals surface area contributed by atoms with E-state index in [1.807, 2.05) is 17.2 Å². The third-order valence-corrected chi connectivity index (χ3v) is 10.3. The fourth-order valence-corrected chi connectivity index (χ4v) is 7.41. The zero-order valence-electron chi connectivity index (χ0n) is 19.9. The minimum absolute atomic E-state index is 0.00205. The molecule has 1 unspecified atom stereocenters. The van der Waals surface area contributed by atoms with Crippen LogP contribution in [0.5, 0.6) is 0 Å². The zero-order valence-corrected chi connectivity index (χ0v) is 21.6. The Morgan fingerprint density at radius 2 is 1.80 bits per heavy atom. The molecule has 0 saturated heterocycles. The van der Waals surface area contributed by atoms with Gasteiger partial charge in [0, 0.05) is 35.2 Å². The maximum atomic E-state index is 13.8. The molecule has 2 N–H and O–H groups in total. The van der Waals surface area contributed by atoms with Crippen LogP contribution in [0.2, 0.25) is 0 Å². The van der Waals surface area contributed by atoms with Crippen LogP contribution in [0, 0.1) is 16.7 Å². The molecule has 8 heteroatoms. The largest absolute Gasteiger partial charge is 0.330 e. The maximum Gasteiger partial charge on any atom is 0.258 e. The van der Waals surface area contributed by atoms with Crippen LogP contribution in [0.25, 0.3) is 0 Å². The highest BCUT2D eigenvalue weighted by atomic mass is 32.2. The molecular formula is C27H30N4O2S2. The number of nitriles is 1. The number of fused-ring (bicyclic) bond motifs is 2. The van der Waals surface area contributed by atoms with Crippen molar-refractivity contribution in [3.8, 4) is 6.07 Å². The summed E-state index contributed by atoms with van der Waals surface area (Å²) in [7, 11) is -1.54. The van der Waals surface area contributed by atoms with E-state index in [4.69, 9.17) is 0 Å². The molecule has 2 aromatic rings. The Hall–Kier alpha value is -2.34. The van der Waals surface area contributed by atoms with Crippen molar-refractivity contribution in [2.24, 2.45) is 5.41 Å². The molecule has 0 aromatic heterocycles. The van der Waals surface area contributed by atoms with E-state index < -0.39 is 16.5 Å². The quantitative estimate of drug-likeness (QED) is 0.520. The Morgan fingerprint density at radius 3 is 2.46 bits per heavy atom. The Morgan fingerprint density at radius 1 is 1.06 bits per heavy atom. The van der Waals surface area contributed by atoms with Gasteiger partial charge in [-0.3, -0.25) is 4.79 Å². The average molecular weight is 507 g/mol. The van der Waals surface area contributed by atoms with E-state index in [1.165, 1.54) is 31.2 Å². The van der Waals surface area contributed by atoms with Crippen molar-refractivity contribution in [3.63, 3.8) is 0 Å². The molecule has 6 rings (SSSR count). The molecule has 3 saturated carbocycles. The third-order valence-electron chi connectivity index (χ3n) is 8.56. The van der Waals surface area contributed by atoms with Crippen LogP contribution in [0.4, 0.5) is 11.4 Å². The van der Waals surface area contributed by atoms with E-state index in [9.17, 15) is 14.3 Å². The summed E-state index contributed by atoms with van der Waals surface area (Å²) in [5, 5.41) is 9.33. The SMILES string of the molecule is CSNc1ccc2c(c1)C1(CCC3(CC3)CC1)CN2C(=O)c1cccc(S(=O)NC2(C#N)CC2)c1. The molecule has 1 atom stereocenters. The predicted octanol–water partition coefficient (Wildman–Crippen LogP) is 5.30. The summed E-state index contributed by atoms with van der Waals surface area (Å²) in [6, 6.07) is 15.6. The van der Waals surface area contributed by atoms with Crippen LogP contribution in [0.15, 0.2) is 47.4 Å². The summed E-state index contributed by atoms with van der Waals surface area (Å²) in [5.41, 5.74) is 3.78. The minimum atomic E-state index is -1.54. The number of amides is 1. The Bertz CT molecular complexity index is 1250. The molecule has 1 aliphatic heterocycles. The monoisotopic (exact) mass is 506 g/mol. The maximum absolute atomic E-state index is 13.8. The van der Waals surface area contributed by atoms with Gasteiger partial charge in [0.05, 0.1) is 11.0 Å². The van der Waals surface area contributed by atoms with E-state index in [2.05, 4.69) is 27.6 Å². The fourth-order valence-electron chi connectivity index (χ4n) is 5.89. The second-order valence-electron chi connectivity index (χ2n) is 10.8. The summed E-state index contributed by atoms with van der Waals surface area (Å²) >= 11 is 1.58. The van der Waals surface area contributed by atoms with Crippen molar-refractivity contribution in [2.45, 2.75) is 67.2 Å². The molecule has 2 spiro atoms. The van der Waals surface area contributed by atoms with E-state index in [0.717, 1.165) is 24.2 Å². The number of anilines is 2. The van der Waals surface area contributed by atoms with Crippen LogP contribution >= 0.6 is 11.9 Å². The first-order valence-electron chi connectivity index (χ1n) is 12.4. The molecule has 2 aromatic carbocycles. The molecule has 1 amide bonds. The van der Waals surface area contributed by atoms with Crippen molar-refractivity contribution in [1.29, 1.82) is 5.26 Å². The van der Waals surface area contributed by atoms with Crippen LogP contribution in [0.3, 0.4) is 0 Å². The van der Waals surface area contributed by atoms with E-state index in [1.54, 1.807) is 36.2 Å². The fraction of sp³-hybridized carbons (Fsp3) is 0.481. The summed E-state index contributed by atoms with van der Waals surface area (Å²) in [6.45, 7) is 0.697. The second-order valence-corrected chi connectivity index (χ2v) is 12.6. The van der Waals surface area contributed by atoms with Gasteiger partial charge in [0.2, 0.25) is 0 Å². The third kappa shape index (κ3) is 4.08. The molecule has 1 heterocycles. The van der Waals surface area contributed by atoms with Crippen molar-refractivity contribution >= 4 is 40.2 Å². The summed E-state index contributed by atoms with van der Waals surface area (Å²) in [5.74, 6) is -0.0549. The summed E-state index contributed by atoms with van der Waals surface area (Å²) < 4.78 is 19.2. The summed E-state index contributed by atoms with van der Waals surface area (Å²) in [6.07, 6.45) is 10.9. The molecule has 0 bridgehead atoms. The highest BCUT2D eigenvalue weighted by Crippen LogP contribution is 2.62. The number of rotatable bonds is 6. The van der Waals surface area contributed by atoms with Crippen molar-refractivity contribution in [3.05, 3.63) is 53.6 Å². The van der Waals surface area contributed by atoms with E-state index in [-0.39, 0.29) is 11.3 Å². The number of carbonyl (C=O) groups excluding carboxylic acids is 1. The first-order valence-corrected chi connectivity index (χ1v) is 14.7. The van der Waals surface area contributed by atoms with Crippen molar-refractivity contribution < 1.29 is 9.00 Å². The van der Waals surface area contributed by atoms with Gasteiger partial charge in [-0.1, -0.05) is 18.0 Å². The lowest BCUT2D eigenvalue weighted by Gasteiger charge is -2.38. The topological polar surface area (TPSA) is 85.2 Å². The van der Waals surface area contributed by atoms with Gasteiger partial charge < -0.3 is 9.62 Å². The predicted molar refractivity (Wildman–Crippen MR) is 141 cm³/mol. The lowest BCUT2D eigenvalue weighted by molar-refractivity contribution is 0.0980. The van der Waals surface area contributed by atoms with Crippen LogP contribution in [-0.4, -0.2) is 28.5 Å². The van der Waals surface area contributed by atoms with Crippen molar-refractivity contribution in [1.82, 2.24) is 4.72 Å². The van der Waals surface area contributed by atoms with Gasteiger partial charge in [0.25, 0.3) is 5.91 Å². The number of hydrogen-bond donors (Lipinski definition) is 2. The molecule has 4 aliphatic rings. The van der Waals surface area contributed by atoms with Gasteiger partial charge in [-0.05, 0) is 98.7 Å². The molecule has 182 valence electrons. The van der Waals surface area contributed by atoms with Gasteiger partial charge in [-0.15, -0.1) is 0 Å². The average Bonchev–Trinajstić information content (AvgIpc) is 3.81. The number of nitrogens with one attached hydrogen (secondary N) is 2. The number of hydrogen-bond acceptors (Lipinski definition) is 5. The second kappa shape index (κ2) is 8.36. The zero-order chi connectivity index (χ0) is 24.3. The smallest absolute Gasteiger partial charge is 0.258 e. The highest BCUT2D eigenvalue weighted by Gasteiger charge is 2.53. The first-order chi connectivity index (χ1) is 16.9. The Kier molecular flexibility index (Phi) is 5.51. The summed E-state index contributed by atoms with van der Waals surface area (Å²) in [4.78, 5) is 16.3. The normalized spacial score (nSPS) is 22.9. The molecule has 3 aliphatic carbocycles. The van der Waals surface area contributed by atoms with Gasteiger partial charge in [-0.2, -0.15) is 5.26 Å².